The van der Waals surface area contributed by atoms with Crippen molar-refractivity contribution >= 4 is 33.5 Å². The molecule has 0 N–H and O–H groups in total. The summed E-state index contributed by atoms with van der Waals surface area (Å²) in [7, 11) is 0. The Morgan fingerprint density at radius 3 is 1.32 bits per heavy atom. The fraction of sp³-hybridized carbons (Fsp3) is 0. The Labute approximate surface area is 228 Å². The van der Waals surface area contributed by atoms with Gasteiger partial charge in [0.05, 0.1) is 11.1 Å². The lowest BCUT2D eigenvalue weighted by Crippen LogP contribution is -2.11. The minimum atomic E-state index is -0.741. The molecule has 0 unspecified atom stereocenters. The van der Waals surface area contributed by atoms with Crippen molar-refractivity contribution in [1.29, 1.82) is 0 Å². The van der Waals surface area contributed by atoms with Gasteiger partial charge in [-0.1, -0.05) is 72.8 Å². The summed E-state index contributed by atoms with van der Waals surface area (Å²) < 4.78 is 39.4. The molecule has 0 bridgehead atoms. The number of benzene rings is 6. The summed E-state index contributed by atoms with van der Waals surface area (Å²) in [5, 5.41) is 3.20. The van der Waals surface area contributed by atoms with Crippen LogP contribution in [-0.4, -0.2) is 11.9 Å². The molecule has 0 saturated heterocycles. The standard InChI is InChI=1S/C34H20F2O4/c35-25-11-5-9-23(19-25)33(37)39-29-17-15-21-7-1-3-13-27(21)31(29)32-28-14-4-2-8-22(28)16-18-30(32)40-34(38)24-10-6-12-26(36)20-24/h1-20H. The molecular formula is C34H20F2O4. The van der Waals surface area contributed by atoms with Gasteiger partial charge in [-0.05, 0) is 70.1 Å². The van der Waals surface area contributed by atoms with Crippen LogP contribution in [0.2, 0.25) is 0 Å². The minimum absolute atomic E-state index is 0.0507. The van der Waals surface area contributed by atoms with E-state index >= 15 is 0 Å². The Morgan fingerprint density at radius 2 is 0.900 bits per heavy atom. The number of hydrogen-bond donors (Lipinski definition) is 0. The molecule has 0 spiro atoms. The summed E-state index contributed by atoms with van der Waals surface area (Å²) in [6.07, 6.45) is 0. The van der Waals surface area contributed by atoms with E-state index < -0.39 is 23.6 Å². The van der Waals surface area contributed by atoms with Crippen molar-refractivity contribution in [2.75, 3.05) is 0 Å². The van der Waals surface area contributed by atoms with Gasteiger partial charge in [0.15, 0.2) is 0 Å². The van der Waals surface area contributed by atoms with Crippen LogP contribution in [0.25, 0.3) is 32.7 Å². The topological polar surface area (TPSA) is 52.6 Å². The van der Waals surface area contributed by atoms with E-state index in [9.17, 15) is 18.4 Å². The largest absolute Gasteiger partial charge is 0.422 e. The first-order chi connectivity index (χ1) is 19.5. The molecule has 6 aromatic carbocycles. The lowest BCUT2D eigenvalue weighted by molar-refractivity contribution is 0.0723. The SMILES string of the molecule is O=C(Oc1ccc2ccccc2c1-c1c(OC(=O)c2cccc(F)c2)ccc2ccccc12)c1cccc(F)c1. The third-order valence-electron chi connectivity index (χ3n) is 6.56. The van der Waals surface area contributed by atoms with Crippen LogP contribution in [0.15, 0.2) is 121 Å². The highest BCUT2D eigenvalue weighted by Gasteiger charge is 2.23. The van der Waals surface area contributed by atoms with Crippen molar-refractivity contribution in [2.24, 2.45) is 0 Å². The maximum Gasteiger partial charge on any atom is 0.343 e. The zero-order valence-electron chi connectivity index (χ0n) is 20.9. The second kappa shape index (κ2) is 10.4. The van der Waals surface area contributed by atoms with E-state index in [0.29, 0.717) is 11.1 Å². The van der Waals surface area contributed by atoms with Crippen LogP contribution < -0.4 is 9.47 Å². The molecule has 194 valence electrons. The molecule has 0 aliphatic carbocycles. The molecule has 0 amide bonds. The maximum absolute atomic E-state index is 13.9. The molecule has 6 rings (SSSR count). The molecule has 0 heterocycles. The second-order valence-corrected chi connectivity index (χ2v) is 9.12. The van der Waals surface area contributed by atoms with Crippen LogP contribution in [0.4, 0.5) is 8.78 Å². The smallest absolute Gasteiger partial charge is 0.343 e. The normalized spacial score (nSPS) is 10.9. The lowest BCUT2D eigenvalue weighted by Gasteiger charge is -2.18. The summed E-state index contributed by atoms with van der Waals surface area (Å²) in [5.41, 5.74) is 1.13. The predicted molar refractivity (Wildman–Crippen MR) is 150 cm³/mol. The zero-order valence-corrected chi connectivity index (χ0v) is 20.9. The molecule has 0 fully saturated rings. The average molecular weight is 531 g/mol. The number of esters is 2. The summed E-state index contributed by atoms with van der Waals surface area (Å²) in [4.78, 5) is 26.2. The van der Waals surface area contributed by atoms with Gasteiger partial charge in [-0.15, -0.1) is 0 Å². The van der Waals surface area contributed by atoms with Crippen molar-refractivity contribution in [1.82, 2.24) is 0 Å². The Bertz CT molecular complexity index is 1790. The van der Waals surface area contributed by atoms with Gasteiger partial charge < -0.3 is 9.47 Å². The van der Waals surface area contributed by atoms with E-state index in [4.69, 9.17) is 9.47 Å². The molecule has 0 aliphatic rings. The molecule has 6 heteroatoms. The Morgan fingerprint density at radius 1 is 0.475 bits per heavy atom. The van der Waals surface area contributed by atoms with E-state index in [2.05, 4.69) is 0 Å². The minimum Gasteiger partial charge on any atom is -0.422 e. The molecule has 0 aromatic heterocycles. The molecule has 6 aromatic rings. The van der Waals surface area contributed by atoms with Crippen molar-refractivity contribution in [2.45, 2.75) is 0 Å². The highest BCUT2D eigenvalue weighted by molar-refractivity contribution is 6.11. The first-order valence-corrected chi connectivity index (χ1v) is 12.5. The zero-order chi connectivity index (χ0) is 27.6. The van der Waals surface area contributed by atoms with Crippen molar-refractivity contribution < 1.29 is 27.8 Å². The van der Waals surface area contributed by atoms with Crippen molar-refractivity contribution in [3.63, 3.8) is 0 Å². The molecule has 40 heavy (non-hydrogen) atoms. The molecule has 0 atom stereocenters. The third kappa shape index (κ3) is 4.78. The molecular weight excluding hydrogens is 510 g/mol. The molecule has 0 saturated carbocycles. The predicted octanol–water partition coefficient (Wildman–Crippen LogP) is 8.38. The van der Waals surface area contributed by atoms with E-state index in [1.807, 2.05) is 60.7 Å². The van der Waals surface area contributed by atoms with Crippen LogP contribution in [-0.2, 0) is 0 Å². The quantitative estimate of drug-likeness (QED) is 0.166. The number of halogens is 2. The van der Waals surface area contributed by atoms with Crippen molar-refractivity contribution in [3.8, 4) is 22.6 Å². The van der Waals surface area contributed by atoms with Gasteiger partial charge in [-0.2, -0.15) is 0 Å². The number of ether oxygens (including phenoxy) is 2. The molecule has 4 nitrogen and oxygen atoms in total. The Balaban J connectivity index is 1.57. The van der Waals surface area contributed by atoms with E-state index in [0.717, 1.165) is 33.7 Å². The first-order valence-electron chi connectivity index (χ1n) is 12.5. The van der Waals surface area contributed by atoms with Gasteiger partial charge in [0.2, 0.25) is 0 Å². The van der Waals surface area contributed by atoms with Gasteiger partial charge in [-0.25, -0.2) is 18.4 Å². The summed E-state index contributed by atoms with van der Waals surface area (Å²) >= 11 is 0. The monoisotopic (exact) mass is 530 g/mol. The van der Waals surface area contributed by atoms with Gasteiger partial charge in [0.25, 0.3) is 0 Å². The fourth-order valence-electron chi connectivity index (χ4n) is 4.74. The van der Waals surface area contributed by atoms with Crippen LogP contribution in [0.3, 0.4) is 0 Å². The highest BCUT2D eigenvalue weighted by Crippen LogP contribution is 2.45. The van der Waals surface area contributed by atoms with E-state index in [1.54, 1.807) is 12.1 Å². The number of carbonyl (C=O) groups excluding carboxylic acids is 2. The van der Waals surface area contributed by atoms with E-state index in [-0.39, 0.29) is 22.6 Å². The number of carbonyl (C=O) groups is 2. The first kappa shape index (κ1) is 24.9. The Hall–Kier alpha value is -5.36. The van der Waals surface area contributed by atoms with Gasteiger partial charge in [-0.3, -0.25) is 0 Å². The third-order valence-corrected chi connectivity index (χ3v) is 6.56. The van der Waals surface area contributed by atoms with Crippen LogP contribution >= 0.6 is 0 Å². The number of rotatable bonds is 5. The second-order valence-electron chi connectivity index (χ2n) is 9.12. The van der Waals surface area contributed by atoms with Crippen molar-refractivity contribution in [3.05, 3.63) is 144 Å². The van der Waals surface area contributed by atoms with Crippen LogP contribution in [0.5, 0.6) is 11.5 Å². The van der Waals surface area contributed by atoms with Gasteiger partial charge in [0, 0.05) is 11.1 Å². The molecule has 0 aliphatic heterocycles. The average Bonchev–Trinajstić information content (AvgIpc) is 2.97. The Kier molecular flexibility index (Phi) is 6.50. The van der Waals surface area contributed by atoms with Crippen LogP contribution in [0, 0.1) is 11.6 Å². The lowest BCUT2D eigenvalue weighted by atomic mass is 9.92. The summed E-state index contributed by atoms with van der Waals surface area (Å²) in [6.45, 7) is 0. The van der Waals surface area contributed by atoms with Crippen LogP contribution in [0.1, 0.15) is 20.7 Å². The van der Waals surface area contributed by atoms with E-state index in [1.165, 1.54) is 36.4 Å². The van der Waals surface area contributed by atoms with Gasteiger partial charge in [0.1, 0.15) is 23.1 Å². The maximum atomic E-state index is 13.9. The number of hydrogen-bond acceptors (Lipinski definition) is 4. The van der Waals surface area contributed by atoms with Gasteiger partial charge >= 0.3 is 11.9 Å². The highest BCUT2D eigenvalue weighted by atomic mass is 19.1. The summed E-state index contributed by atoms with van der Waals surface area (Å²) in [6, 6.07) is 32.5. The summed E-state index contributed by atoms with van der Waals surface area (Å²) in [5.74, 6) is -2.20. The molecule has 0 radical (unpaired) electrons. The number of fused-ring (bicyclic) bond motifs is 2. The fourth-order valence-corrected chi connectivity index (χ4v) is 4.74.